The minimum atomic E-state index is -0.973. The van der Waals surface area contributed by atoms with E-state index >= 15 is 0 Å². The van der Waals surface area contributed by atoms with E-state index in [1.54, 1.807) is 29.2 Å². The smallest absolute Gasteiger partial charge is 0.182 e. The number of nitrogens with two attached hydrogens (primary N) is 1. The molecule has 8 heteroatoms. The second-order valence-corrected chi connectivity index (χ2v) is 8.30. The first-order chi connectivity index (χ1) is 16.4. The molecule has 0 spiro atoms. The molecule has 0 amide bonds. The lowest BCUT2D eigenvalue weighted by molar-refractivity contribution is 0.402. The molecule has 2 aromatic carbocycles. The molecule has 34 heavy (non-hydrogen) atoms. The molecule has 3 aromatic heterocycles. The summed E-state index contributed by atoms with van der Waals surface area (Å²) in [7, 11) is 4.04. The van der Waals surface area contributed by atoms with Gasteiger partial charge in [-0.15, -0.1) is 0 Å². The van der Waals surface area contributed by atoms with E-state index in [2.05, 4.69) is 32.0 Å². The number of benzene rings is 2. The monoisotopic (exact) mass is 456 g/mol. The molecule has 3 heterocycles. The third-order valence-electron chi connectivity index (χ3n) is 5.57. The van der Waals surface area contributed by atoms with Gasteiger partial charge in [-0.3, -0.25) is 9.55 Å². The van der Waals surface area contributed by atoms with Crippen molar-refractivity contribution >= 4 is 16.9 Å². The summed E-state index contributed by atoms with van der Waals surface area (Å²) in [5.74, 6) is -1.34. The largest absolute Gasteiger partial charge is 0.383 e. The zero-order valence-electron chi connectivity index (χ0n) is 18.7. The van der Waals surface area contributed by atoms with Crippen LogP contribution < -0.4 is 5.73 Å². The molecule has 0 saturated heterocycles. The van der Waals surface area contributed by atoms with Crippen molar-refractivity contribution in [1.82, 2.24) is 24.4 Å². The summed E-state index contributed by atoms with van der Waals surface area (Å²) in [5.41, 5.74) is 10.9. The normalized spacial score (nSPS) is 11.4. The first-order valence-corrected chi connectivity index (χ1v) is 10.7. The molecule has 0 atom stereocenters. The van der Waals surface area contributed by atoms with Gasteiger partial charge < -0.3 is 10.6 Å². The molecular formula is C26H22F2N6. The highest BCUT2D eigenvalue weighted by atomic mass is 19.2. The number of hydrogen-bond acceptors (Lipinski definition) is 5. The van der Waals surface area contributed by atoms with Crippen molar-refractivity contribution in [1.29, 1.82) is 0 Å². The Labute approximate surface area is 195 Å². The second kappa shape index (κ2) is 8.64. The molecule has 5 aromatic rings. The van der Waals surface area contributed by atoms with Crippen LogP contribution in [0.4, 0.5) is 14.6 Å². The average molecular weight is 457 g/mol. The molecule has 6 nitrogen and oxygen atoms in total. The quantitative estimate of drug-likeness (QED) is 0.400. The van der Waals surface area contributed by atoms with Crippen LogP contribution in [0.25, 0.3) is 39.2 Å². The number of nitrogen functional groups attached to an aromatic ring is 1. The minimum absolute atomic E-state index is 0.0292. The van der Waals surface area contributed by atoms with E-state index in [1.165, 1.54) is 17.7 Å². The van der Waals surface area contributed by atoms with Crippen LogP contribution in [0.2, 0.25) is 0 Å². The van der Waals surface area contributed by atoms with Gasteiger partial charge in [-0.2, -0.15) is 0 Å². The van der Waals surface area contributed by atoms with Crippen LogP contribution in [0, 0.1) is 11.6 Å². The number of hydrogen-bond donors (Lipinski definition) is 1. The number of anilines is 1. The first kappa shape index (κ1) is 21.7. The van der Waals surface area contributed by atoms with Gasteiger partial charge in [0.05, 0.1) is 23.0 Å². The molecule has 0 aliphatic carbocycles. The average Bonchev–Trinajstić information content (AvgIpc) is 3.20. The molecular weight excluding hydrogens is 434 g/mol. The number of fused-ring (bicyclic) bond motifs is 1. The molecule has 2 N–H and O–H groups in total. The lowest BCUT2D eigenvalue weighted by atomic mass is 10.0. The van der Waals surface area contributed by atoms with E-state index in [0.717, 1.165) is 23.7 Å². The molecule has 0 unspecified atom stereocenters. The second-order valence-electron chi connectivity index (χ2n) is 8.30. The highest BCUT2D eigenvalue weighted by Gasteiger charge is 2.21. The summed E-state index contributed by atoms with van der Waals surface area (Å²) in [5, 5.41) is 0. The Morgan fingerprint density at radius 3 is 2.53 bits per heavy atom. The van der Waals surface area contributed by atoms with Crippen LogP contribution in [0.3, 0.4) is 0 Å². The number of aromatic nitrogens is 4. The summed E-state index contributed by atoms with van der Waals surface area (Å²) < 4.78 is 30.5. The minimum Gasteiger partial charge on any atom is -0.383 e. The van der Waals surface area contributed by atoms with Gasteiger partial charge in [0.1, 0.15) is 17.2 Å². The fraction of sp³-hybridized carbons (Fsp3) is 0.115. The van der Waals surface area contributed by atoms with Gasteiger partial charge in [-0.05, 0) is 49.5 Å². The van der Waals surface area contributed by atoms with Crippen molar-refractivity contribution in [2.75, 3.05) is 19.8 Å². The Morgan fingerprint density at radius 2 is 1.76 bits per heavy atom. The maximum Gasteiger partial charge on any atom is 0.182 e. The molecule has 5 rings (SSSR count). The number of imidazole rings is 1. The fourth-order valence-corrected chi connectivity index (χ4v) is 4.00. The van der Waals surface area contributed by atoms with Crippen molar-refractivity contribution < 1.29 is 8.78 Å². The van der Waals surface area contributed by atoms with Crippen LogP contribution >= 0.6 is 0 Å². The van der Waals surface area contributed by atoms with E-state index < -0.39 is 11.6 Å². The predicted octanol–water partition coefficient (Wildman–Crippen LogP) is 5.07. The third kappa shape index (κ3) is 3.88. The highest BCUT2D eigenvalue weighted by molar-refractivity contribution is 5.86. The number of nitrogens with zero attached hydrogens (tertiary/aromatic N) is 5. The summed E-state index contributed by atoms with van der Waals surface area (Å²) in [4.78, 5) is 15.3. The summed E-state index contributed by atoms with van der Waals surface area (Å²) in [6.45, 7) is 0.836. The maximum absolute atomic E-state index is 14.9. The third-order valence-corrected chi connectivity index (χ3v) is 5.57. The molecule has 0 aliphatic heterocycles. The van der Waals surface area contributed by atoms with Gasteiger partial charge in [0.15, 0.2) is 11.6 Å². The van der Waals surface area contributed by atoms with Crippen molar-refractivity contribution in [2.24, 2.45) is 0 Å². The predicted molar refractivity (Wildman–Crippen MR) is 129 cm³/mol. The Balaban J connectivity index is 1.68. The maximum atomic E-state index is 14.9. The van der Waals surface area contributed by atoms with Gasteiger partial charge in [-0.25, -0.2) is 18.7 Å². The van der Waals surface area contributed by atoms with E-state index in [1.807, 2.05) is 32.3 Å². The summed E-state index contributed by atoms with van der Waals surface area (Å²) in [6.07, 6.45) is 4.84. The van der Waals surface area contributed by atoms with E-state index in [4.69, 9.17) is 5.73 Å². The van der Waals surface area contributed by atoms with E-state index in [0.29, 0.717) is 22.4 Å². The van der Waals surface area contributed by atoms with Crippen LogP contribution in [0.15, 0.2) is 73.2 Å². The number of pyridine rings is 2. The molecule has 0 saturated carbocycles. The topological polar surface area (TPSA) is 72.9 Å². The Hall–Kier alpha value is -4.17. The lowest BCUT2D eigenvalue weighted by Gasteiger charge is -2.13. The summed E-state index contributed by atoms with van der Waals surface area (Å²) in [6, 6.07) is 15.8. The standard InChI is InChI=1S/C26H22F2N6/c1-33(2)15-16-6-8-17(9-7-16)18-12-19(25(29)31-13-18)26-32-21-14-30-11-10-22(21)34(26)23-5-3-4-20(27)24(23)28/h3-14H,15H2,1-2H3,(H2,29,31). The van der Waals surface area contributed by atoms with Crippen LogP contribution in [0.5, 0.6) is 0 Å². The van der Waals surface area contributed by atoms with Crippen LogP contribution in [-0.4, -0.2) is 38.5 Å². The van der Waals surface area contributed by atoms with Crippen molar-refractivity contribution in [3.63, 3.8) is 0 Å². The van der Waals surface area contributed by atoms with E-state index in [9.17, 15) is 8.78 Å². The zero-order chi connectivity index (χ0) is 23.8. The van der Waals surface area contributed by atoms with Crippen molar-refractivity contribution in [3.05, 3.63) is 90.4 Å². The van der Waals surface area contributed by atoms with Gasteiger partial charge in [-0.1, -0.05) is 30.3 Å². The Kier molecular flexibility index (Phi) is 5.51. The van der Waals surface area contributed by atoms with Crippen LogP contribution in [0.1, 0.15) is 5.56 Å². The van der Waals surface area contributed by atoms with Crippen molar-refractivity contribution in [2.45, 2.75) is 6.54 Å². The zero-order valence-corrected chi connectivity index (χ0v) is 18.7. The molecule has 0 fully saturated rings. The van der Waals surface area contributed by atoms with E-state index in [-0.39, 0.29) is 11.5 Å². The number of halogens is 2. The Morgan fingerprint density at radius 1 is 0.971 bits per heavy atom. The fourth-order valence-electron chi connectivity index (χ4n) is 4.00. The molecule has 0 radical (unpaired) electrons. The first-order valence-electron chi connectivity index (χ1n) is 10.7. The highest BCUT2D eigenvalue weighted by Crippen LogP contribution is 2.34. The van der Waals surface area contributed by atoms with Gasteiger partial charge in [0.25, 0.3) is 0 Å². The van der Waals surface area contributed by atoms with Crippen molar-refractivity contribution in [3.8, 4) is 28.2 Å². The molecule has 0 aliphatic rings. The SMILES string of the molecule is CN(C)Cc1ccc(-c2cnc(N)c(-c3nc4cnccc4n3-c3cccc(F)c3F)c2)cc1. The number of rotatable bonds is 5. The summed E-state index contributed by atoms with van der Waals surface area (Å²) >= 11 is 0. The molecule has 170 valence electrons. The van der Waals surface area contributed by atoms with Gasteiger partial charge >= 0.3 is 0 Å². The van der Waals surface area contributed by atoms with Gasteiger partial charge in [0, 0.05) is 24.5 Å². The Bertz CT molecular complexity index is 1490. The van der Waals surface area contributed by atoms with Crippen LogP contribution in [-0.2, 0) is 6.54 Å². The lowest BCUT2D eigenvalue weighted by Crippen LogP contribution is -2.10. The molecule has 0 bridgehead atoms. The van der Waals surface area contributed by atoms with Gasteiger partial charge in [0.2, 0.25) is 0 Å².